The van der Waals surface area contributed by atoms with Gasteiger partial charge in [-0.1, -0.05) is 75.8 Å². The van der Waals surface area contributed by atoms with Crippen LogP contribution in [-0.4, -0.2) is 17.6 Å². The molecule has 0 spiro atoms. The van der Waals surface area contributed by atoms with E-state index in [0.29, 0.717) is 26.4 Å². The average Bonchev–Trinajstić information content (AvgIpc) is 3.60. The summed E-state index contributed by atoms with van der Waals surface area (Å²) in [5, 5.41) is 0. The summed E-state index contributed by atoms with van der Waals surface area (Å²) in [7, 11) is 1.35. The molecule has 1 aliphatic carbocycles. The molecule has 2 aromatic heterocycles. The lowest BCUT2D eigenvalue weighted by atomic mass is 9.83. The lowest BCUT2D eigenvalue weighted by molar-refractivity contribution is 0.0601. The zero-order valence-corrected chi connectivity index (χ0v) is 24.4. The van der Waals surface area contributed by atoms with Crippen molar-refractivity contribution >= 4 is 45.0 Å². The predicted octanol–water partition coefficient (Wildman–Crippen LogP) is 6.13. The van der Waals surface area contributed by atoms with E-state index in [0.717, 1.165) is 45.3 Å². The summed E-state index contributed by atoms with van der Waals surface area (Å²) < 4.78 is 14.3. The maximum atomic E-state index is 14.0. The number of allylic oxidation sites excluding steroid dienone is 1. The number of carbonyl (C=O) groups is 1. The minimum Gasteiger partial charge on any atom is -0.465 e. The number of thiazole rings is 1. The van der Waals surface area contributed by atoms with Crippen molar-refractivity contribution in [3.05, 3.63) is 143 Å². The van der Waals surface area contributed by atoms with Crippen LogP contribution in [0.25, 0.3) is 23.1 Å². The third-order valence-corrected chi connectivity index (χ3v) is 9.04. The highest BCUT2D eigenvalue weighted by atomic mass is 79.9. The topological polar surface area (TPSA) is 73.8 Å². The number of furan rings is 1. The molecule has 1 aliphatic heterocycles. The van der Waals surface area contributed by atoms with Gasteiger partial charge in [-0.25, -0.2) is 9.79 Å². The van der Waals surface area contributed by atoms with Crippen LogP contribution in [0.3, 0.4) is 0 Å². The molecule has 0 saturated heterocycles. The van der Waals surface area contributed by atoms with Crippen molar-refractivity contribution in [2.45, 2.75) is 18.9 Å². The zero-order valence-electron chi connectivity index (χ0n) is 22.0. The maximum absolute atomic E-state index is 14.0. The second kappa shape index (κ2) is 10.3. The van der Waals surface area contributed by atoms with E-state index in [1.165, 1.54) is 24.0 Å². The van der Waals surface area contributed by atoms with E-state index in [1.807, 2.05) is 41.0 Å². The zero-order chi connectivity index (χ0) is 28.1. The first kappa shape index (κ1) is 25.7. The lowest BCUT2D eigenvalue weighted by Crippen LogP contribution is -2.38. The van der Waals surface area contributed by atoms with Crippen molar-refractivity contribution in [1.29, 1.82) is 0 Å². The van der Waals surface area contributed by atoms with E-state index in [2.05, 4.69) is 46.3 Å². The van der Waals surface area contributed by atoms with Gasteiger partial charge < -0.3 is 9.15 Å². The SMILES string of the molecule is COC(=O)c1cccc(-c2ccc(/C=c3\sc4n(c3=O)[C@H](c3ccc(Br)cc3)C3=C(N=4)c4ccccc4CC3)o2)c1. The molecule has 41 heavy (non-hydrogen) atoms. The number of nitrogens with zero attached hydrogens (tertiary/aromatic N) is 2. The van der Waals surface area contributed by atoms with Gasteiger partial charge in [0.05, 0.1) is 28.9 Å². The minimum absolute atomic E-state index is 0.0993. The van der Waals surface area contributed by atoms with E-state index in [9.17, 15) is 9.59 Å². The number of rotatable bonds is 4. The first-order chi connectivity index (χ1) is 20.0. The molecule has 0 bridgehead atoms. The molecular weight excluding hydrogens is 600 g/mol. The smallest absolute Gasteiger partial charge is 0.337 e. The molecule has 2 aliphatic rings. The Kier molecular flexibility index (Phi) is 6.44. The molecule has 8 heteroatoms. The van der Waals surface area contributed by atoms with Crippen LogP contribution in [0.4, 0.5) is 0 Å². The molecule has 3 heterocycles. The van der Waals surface area contributed by atoms with Crippen molar-refractivity contribution in [2.75, 3.05) is 7.11 Å². The van der Waals surface area contributed by atoms with Crippen LogP contribution in [0, 0.1) is 0 Å². The highest BCUT2D eigenvalue weighted by Gasteiger charge is 2.32. The van der Waals surface area contributed by atoms with Gasteiger partial charge in [-0.15, -0.1) is 0 Å². The van der Waals surface area contributed by atoms with Gasteiger partial charge in [0.25, 0.3) is 5.56 Å². The van der Waals surface area contributed by atoms with E-state index in [-0.39, 0.29) is 11.6 Å². The summed E-state index contributed by atoms with van der Waals surface area (Å²) >= 11 is 4.91. The molecule has 0 N–H and O–H groups in total. The Morgan fingerprint density at radius 2 is 1.88 bits per heavy atom. The largest absolute Gasteiger partial charge is 0.465 e. The number of methoxy groups -OCH3 is 1. The van der Waals surface area contributed by atoms with Crippen molar-refractivity contribution < 1.29 is 13.9 Å². The third-order valence-electron chi connectivity index (χ3n) is 7.53. The molecule has 6 nitrogen and oxygen atoms in total. The average molecular weight is 624 g/mol. The van der Waals surface area contributed by atoms with E-state index in [4.69, 9.17) is 14.1 Å². The van der Waals surface area contributed by atoms with Crippen LogP contribution < -0.4 is 14.9 Å². The first-order valence-electron chi connectivity index (χ1n) is 13.2. The Balaban J connectivity index is 1.35. The van der Waals surface area contributed by atoms with Crippen molar-refractivity contribution in [1.82, 2.24) is 4.57 Å². The highest BCUT2D eigenvalue weighted by molar-refractivity contribution is 9.10. The van der Waals surface area contributed by atoms with Crippen molar-refractivity contribution in [3.63, 3.8) is 0 Å². The fourth-order valence-corrected chi connectivity index (χ4v) is 6.84. The first-order valence-corrected chi connectivity index (χ1v) is 14.8. The molecule has 5 aromatic rings. The van der Waals surface area contributed by atoms with Crippen LogP contribution in [0.5, 0.6) is 0 Å². The second-order valence-corrected chi connectivity index (χ2v) is 11.9. The van der Waals surface area contributed by atoms with Crippen LogP contribution in [-0.2, 0) is 11.2 Å². The molecule has 0 radical (unpaired) electrons. The van der Waals surface area contributed by atoms with Crippen LogP contribution in [0.1, 0.15) is 45.3 Å². The summed E-state index contributed by atoms with van der Waals surface area (Å²) in [6.07, 6.45) is 3.52. The molecule has 0 fully saturated rings. The fraction of sp³-hybridized carbons (Fsp3) is 0.121. The molecule has 0 saturated carbocycles. The Bertz CT molecular complexity index is 2050. The highest BCUT2D eigenvalue weighted by Crippen LogP contribution is 2.41. The second-order valence-electron chi connectivity index (χ2n) is 9.94. The summed E-state index contributed by atoms with van der Waals surface area (Å²) in [5.74, 6) is 0.725. The van der Waals surface area contributed by atoms with Crippen molar-refractivity contribution in [3.8, 4) is 11.3 Å². The quantitative estimate of drug-likeness (QED) is 0.226. The van der Waals surface area contributed by atoms with E-state index >= 15 is 0 Å². The number of hydrogen-bond acceptors (Lipinski definition) is 6. The molecule has 7 rings (SSSR count). The Morgan fingerprint density at radius 3 is 2.71 bits per heavy atom. The lowest BCUT2D eigenvalue weighted by Gasteiger charge is -2.30. The standard InChI is InChI=1S/C33H23BrN2O4S/c1-39-32(38)22-7-4-6-21(17-22)27-16-14-24(40-27)18-28-31(37)36-30(20-9-12-23(34)13-10-20)26-15-11-19-5-2-3-8-25(19)29(26)35-33(36)41-28/h2-10,12-14,16-18,30H,11,15H2,1H3/b28-18-/t30-/m1/s1. The van der Waals surface area contributed by atoms with Crippen LogP contribution in [0.2, 0.25) is 0 Å². The molecule has 0 unspecified atom stereocenters. The Morgan fingerprint density at radius 1 is 1.05 bits per heavy atom. The van der Waals surface area contributed by atoms with Gasteiger partial charge >= 0.3 is 5.97 Å². The number of halogens is 1. The molecule has 202 valence electrons. The van der Waals surface area contributed by atoms with Crippen LogP contribution in [0.15, 0.2) is 109 Å². The third kappa shape index (κ3) is 4.53. The number of aromatic nitrogens is 1. The number of hydrogen-bond donors (Lipinski definition) is 0. The molecule has 3 aromatic carbocycles. The number of benzene rings is 3. The molecular formula is C33H23BrN2O4S. The molecule has 0 amide bonds. The number of carbonyl (C=O) groups excluding carboxylic acids is 1. The van der Waals surface area contributed by atoms with E-state index in [1.54, 1.807) is 24.3 Å². The fourth-order valence-electron chi connectivity index (χ4n) is 5.60. The number of esters is 1. The minimum atomic E-state index is -0.412. The summed E-state index contributed by atoms with van der Waals surface area (Å²) in [6.45, 7) is 0. The monoisotopic (exact) mass is 622 g/mol. The van der Waals surface area contributed by atoms with Gasteiger partial charge in [0.2, 0.25) is 0 Å². The van der Waals surface area contributed by atoms with Crippen LogP contribution >= 0.6 is 27.3 Å². The summed E-state index contributed by atoms with van der Waals surface area (Å²) in [4.78, 5) is 31.7. The summed E-state index contributed by atoms with van der Waals surface area (Å²) in [5.41, 5.74) is 6.69. The van der Waals surface area contributed by atoms with Gasteiger partial charge in [-0.2, -0.15) is 0 Å². The van der Waals surface area contributed by atoms with Gasteiger partial charge in [-0.05, 0) is 65.9 Å². The maximum Gasteiger partial charge on any atom is 0.337 e. The number of fused-ring (bicyclic) bond motifs is 3. The van der Waals surface area contributed by atoms with Gasteiger partial charge in [-0.3, -0.25) is 9.36 Å². The van der Waals surface area contributed by atoms with Gasteiger partial charge in [0.1, 0.15) is 11.5 Å². The van der Waals surface area contributed by atoms with Gasteiger partial charge in [0, 0.05) is 21.7 Å². The van der Waals surface area contributed by atoms with Gasteiger partial charge in [0.15, 0.2) is 4.80 Å². The Labute approximate surface area is 247 Å². The van der Waals surface area contributed by atoms with E-state index < -0.39 is 5.97 Å². The molecule has 1 atom stereocenters. The Hall–Kier alpha value is -4.27. The van der Waals surface area contributed by atoms with Crippen molar-refractivity contribution in [2.24, 2.45) is 4.99 Å². The number of aryl methyl sites for hydroxylation is 1. The number of ether oxygens (including phenoxy) is 1. The summed E-state index contributed by atoms with van der Waals surface area (Å²) in [6, 6.07) is 27.1. The predicted molar refractivity (Wildman–Crippen MR) is 162 cm³/mol. The normalized spacial score (nSPS) is 16.0.